The molecule has 19 heavy (non-hydrogen) atoms. The number of rotatable bonds is 3. The number of nitrogens with zero attached hydrogens (tertiary/aromatic N) is 2. The molecule has 0 spiro atoms. The minimum atomic E-state index is 0.459. The third-order valence-electron chi connectivity index (χ3n) is 3.84. The number of H-pyrrole nitrogens is 1. The number of aryl methyl sites for hydroxylation is 1. The molecule has 0 saturated heterocycles. The van der Waals surface area contributed by atoms with Crippen LogP contribution in [0.4, 0.5) is 5.69 Å². The summed E-state index contributed by atoms with van der Waals surface area (Å²) in [5.41, 5.74) is 5.06. The topological polar surface area (TPSA) is 44.0 Å². The number of aromatic amines is 1. The SMILES string of the molecule is Cc1ccccc1N(C)CC1Cc2nc[nH]c2CN1. The lowest BCUT2D eigenvalue weighted by Crippen LogP contribution is -2.43. The summed E-state index contributed by atoms with van der Waals surface area (Å²) in [5, 5.41) is 3.57. The van der Waals surface area contributed by atoms with Crippen LogP contribution in [-0.4, -0.2) is 29.6 Å². The Morgan fingerprint density at radius 1 is 1.37 bits per heavy atom. The van der Waals surface area contributed by atoms with Crippen LogP contribution in [0.5, 0.6) is 0 Å². The van der Waals surface area contributed by atoms with Gasteiger partial charge in [-0.3, -0.25) is 0 Å². The summed E-state index contributed by atoms with van der Waals surface area (Å²) >= 11 is 0. The fourth-order valence-corrected chi connectivity index (χ4v) is 2.78. The van der Waals surface area contributed by atoms with Gasteiger partial charge in [-0.25, -0.2) is 4.98 Å². The third-order valence-corrected chi connectivity index (χ3v) is 3.84. The number of likely N-dealkylation sites (N-methyl/N-ethyl adjacent to an activating group) is 1. The number of anilines is 1. The van der Waals surface area contributed by atoms with E-state index in [0.29, 0.717) is 6.04 Å². The van der Waals surface area contributed by atoms with E-state index in [1.165, 1.54) is 22.6 Å². The van der Waals surface area contributed by atoms with Crippen molar-refractivity contribution in [2.75, 3.05) is 18.5 Å². The van der Waals surface area contributed by atoms with E-state index < -0.39 is 0 Å². The molecule has 0 radical (unpaired) electrons. The average molecular weight is 256 g/mol. The van der Waals surface area contributed by atoms with Gasteiger partial charge in [-0.05, 0) is 18.6 Å². The van der Waals surface area contributed by atoms with Gasteiger partial charge >= 0.3 is 0 Å². The van der Waals surface area contributed by atoms with Gasteiger partial charge in [0.15, 0.2) is 0 Å². The van der Waals surface area contributed by atoms with Crippen molar-refractivity contribution in [1.29, 1.82) is 0 Å². The predicted octanol–water partition coefficient (Wildman–Crippen LogP) is 1.87. The Morgan fingerprint density at radius 3 is 3.05 bits per heavy atom. The molecule has 0 fully saturated rings. The van der Waals surface area contributed by atoms with E-state index in [1.807, 2.05) is 0 Å². The minimum Gasteiger partial charge on any atom is -0.373 e. The van der Waals surface area contributed by atoms with Crippen molar-refractivity contribution < 1.29 is 0 Å². The Morgan fingerprint density at radius 2 is 2.21 bits per heavy atom. The van der Waals surface area contributed by atoms with E-state index in [4.69, 9.17) is 0 Å². The summed E-state index contributed by atoms with van der Waals surface area (Å²) in [6.45, 7) is 4.05. The molecule has 1 atom stereocenters. The highest BCUT2D eigenvalue weighted by Gasteiger charge is 2.21. The number of hydrogen-bond donors (Lipinski definition) is 2. The van der Waals surface area contributed by atoms with E-state index in [0.717, 1.165) is 19.5 Å². The minimum absolute atomic E-state index is 0.459. The van der Waals surface area contributed by atoms with Crippen molar-refractivity contribution in [3.05, 3.63) is 47.5 Å². The van der Waals surface area contributed by atoms with Crippen molar-refractivity contribution in [3.63, 3.8) is 0 Å². The van der Waals surface area contributed by atoms with Crippen molar-refractivity contribution >= 4 is 5.69 Å². The Hall–Kier alpha value is -1.81. The van der Waals surface area contributed by atoms with Crippen molar-refractivity contribution in [3.8, 4) is 0 Å². The second-order valence-electron chi connectivity index (χ2n) is 5.28. The van der Waals surface area contributed by atoms with Gasteiger partial charge in [0.25, 0.3) is 0 Å². The maximum atomic E-state index is 4.39. The van der Waals surface area contributed by atoms with Crippen LogP contribution in [0.2, 0.25) is 0 Å². The van der Waals surface area contributed by atoms with E-state index in [9.17, 15) is 0 Å². The maximum Gasteiger partial charge on any atom is 0.0925 e. The van der Waals surface area contributed by atoms with Crippen molar-refractivity contribution in [2.24, 2.45) is 0 Å². The highest BCUT2D eigenvalue weighted by molar-refractivity contribution is 5.52. The maximum absolute atomic E-state index is 4.39. The normalized spacial score (nSPS) is 18.1. The molecule has 1 aromatic heterocycles. The van der Waals surface area contributed by atoms with Crippen LogP contribution in [0.1, 0.15) is 17.0 Å². The van der Waals surface area contributed by atoms with Crippen molar-refractivity contribution in [1.82, 2.24) is 15.3 Å². The lowest BCUT2D eigenvalue weighted by Gasteiger charge is -2.29. The van der Waals surface area contributed by atoms with E-state index in [2.05, 4.69) is 58.4 Å². The Bertz CT molecular complexity index is 561. The molecule has 2 N–H and O–H groups in total. The lowest BCUT2D eigenvalue weighted by molar-refractivity contribution is 0.471. The van der Waals surface area contributed by atoms with Gasteiger partial charge in [0.1, 0.15) is 0 Å². The molecule has 1 aromatic carbocycles. The molecular formula is C15H20N4. The quantitative estimate of drug-likeness (QED) is 0.881. The number of nitrogens with one attached hydrogen (secondary N) is 2. The summed E-state index contributed by atoms with van der Waals surface area (Å²) in [6.07, 6.45) is 2.79. The molecule has 4 heteroatoms. The van der Waals surface area contributed by atoms with Gasteiger partial charge in [0, 0.05) is 38.3 Å². The zero-order valence-corrected chi connectivity index (χ0v) is 11.5. The highest BCUT2D eigenvalue weighted by atomic mass is 15.1. The Balaban J connectivity index is 1.68. The summed E-state index contributed by atoms with van der Waals surface area (Å²) in [7, 11) is 2.16. The van der Waals surface area contributed by atoms with E-state index >= 15 is 0 Å². The number of para-hydroxylation sites is 1. The van der Waals surface area contributed by atoms with Crippen LogP contribution in [0, 0.1) is 6.92 Å². The summed E-state index contributed by atoms with van der Waals surface area (Å²) in [4.78, 5) is 9.90. The lowest BCUT2D eigenvalue weighted by atomic mass is 10.0. The van der Waals surface area contributed by atoms with Crippen LogP contribution < -0.4 is 10.2 Å². The molecule has 4 nitrogen and oxygen atoms in total. The number of fused-ring (bicyclic) bond motifs is 1. The van der Waals surface area contributed by atoms with Gasteiger partial charge in [-0.15, -0.1) is 0 Å². The van der Waals surface area contributed by atoms with Crippen LogP contribution >= 0.6 is 0 Å². The molecule has 0 bridgehead atoms. The highest BCUT2D eigenvalue weighted by Crippen LogP contribution is 2.19. The predicted molar refractivity (Wildman–Crippen MR) is 77.4 cm³/mol. The van der Waals surface area contributed by atoms with Gasteiger partial charge in [-0.2, -0.15) is 0 Å². The molecule has 0 amide bonds. The Labute approximate surface area is 113 Å². The Kier molecular flexibility index (Phi) is 3.25. The molecular weight excluding hydrogens is 236 g/mol. The first-order valence-corrected chi connectivity index (χ1v) is 6.75. The van der Waals surface area contributed by atoms with Crippen LogP contribution in [0.3, 0.4) is 0 Å². The van der Waals surface area contributed by atoms with Gasteiger partial charge in [0.05, 0.1) is 17.7 Å². The zero-order valence-electron chi connectivity index (χ0n) is 11.5. The average Bonchev–Trinajstić information content (AvgIpc) is 2.86. The van der Waals surface area contributed by atoms with Crippen molar-refractivity contribution in [2.45, 2.75) is 25.9 Å². The van der Waals surface area contributed by atoms with Gasteiger partial charge in [0.2, 0.25) is 0 Å². The van der Waals surface area contributed by atoms with Crippen LogP contribution in [0.25, 0.3) is 0 Å². The second kappa shape index (κ2) is 5.05. The largest absolute Gasteiger partial charge is 0.373 e. The van der Waals surface area contributed by atoms with Gasteiger partial charge < -0.3 is 15.2 Å². The first kappa shape index (κ1) is 12.2. The molecule has 0 aliphatic carbocycles. The zero-order chi connectivity index (χ0) is 13.2. The molecule has 1 aliphatic rings. The van der Waals surface area contributed by atoms with E-state index in [-0.39, 0.29) is 0 Å². The molecule has 0 saturated carbocycles. The molecule has 3 rings (SSSR count). The molecule has 1 unspecified atom stereocenters. The number of imidazole rings is 1. The molecule has 100 valence electrons. The number of hydrogen-bond acceptors (Lipinski definition) is 3. The fourth-order valence-electron chi connectivity index (χ4n) is 2.78. The van der Waals surface area contributed by atoms with Crippen LogP contribution in [-0.2, 0) is 13.0 Å². The standard InChI is InChI=1S/C15H20N4/c1-11-5-3-4-6-15(11)19(2)9-12-7-13-14(8-16-12)18-10-17-13/h3-6,10,12,16H,7-9H2,1-2H3,(H,17,18). The van der Waals surface area contributed by atoms with E-state index in [1.54, 1.807) is 6.33 Å². The number of aromatic nitrogens is 2. The molecule has 2 heterocycles. The van der Waals surface area contributed by atoms with Crippen LogP contribution in [0.15, 0.2) is 30.6 Å². The second-order valence-corrected chi connectivity index (χ2v) is 5.28. The monoisotopic (exact) mass is 256 g/mol. The summed E-state index contributed by atoms with van der Waals surface area (Å²) < 4.78 is 0. The first-order chi connectivity index (χ1) is 9.24. The molecule has 2 aromatic rings. The smallest absolute Gasteiger partial charge is 0.0925 e. The fraction of sp³-hybridized carbons (Fsp3) is 0.400. The first-order valence-electron chi connectivity index (χ1n) is 6.75. The third kappa shape index (κ3) is 2.49. The summed E-state index contributed by atoms with van der Waals surface area (Å²) in [6, 6.07) is 8.98. The molecule has 1 aliphatic heterocycles. The summed E-state index contributed by atoms with van der Waals surface area (Å²) in [5.74, 6) is 0. The van der Waals surface area contributed by atoms with Gasteiger partial charge in [-0.1, -0.05) is 18.2 Å². The number of benzene rings is 1.